The summed E-state index contributed by atoms with van der Waals surface area (Å²) >= 11 is 0. The highest BCUT2D eigenvalue weighted by molar-refractivity contribution is 7.89. The summed E-state index contributed by atoms with van der Waals surface area (Å²) in [6.07, 6.45) is 1.12. The number of hydrogen-bond acceptors (Lipinski definition) is 4. The van der Waals surface area contributed by atoms with Crippen molar-refractivity contribution >= 4 is 21.6 Å². The first-order chi connectivity index (χ1) is 9.03. The third-order valence-corrected chi connectivity index (χ3v) is 4.53. The fourth-order valence-corrected chi connectivity index (χ4v) is 3.32. The molecule has 19 heavy (non-hydrogen) atoms. The van der Waals surface area contributed by atoms with E-state index in [9.17, 15) is 13.2 Å². The summed E-state index contributed by atoms with van der Waals surface area (Å²) in [5.74, 6) is -0.0279. The predicted molar refractivity (Wildman–Crippen MR) is 72.3 cm³/mol. The monoisotopic (exact) mass is 283 g/mol. The molecule has 0 spiro atoms. The van der Waals surface area contributed by atoms with Crippen molar-refractivity contribution < 1.29 is 13.2 Å². The Morgan fingerprint density at radius 2 is 2.11 bits per heavy atom. The van der Waals surface area contributed by atoms with Crippen molar-refractivity contribution in [2.24, 2.45) is 0 Å². The molecule has 1 aromatic rings. The van der Waals surface area contributed by atoms with Crippen LogP contribution in [-0.2, 0) is 14.8 Å². The zero-order valence-corrected chi connectivity index (χ0v) is 11.5. The van der Waals surface area contributed by atoms with Gasteiger partial charge in [-0.05, 0) is 18.6 Å². The van der Waals surface area contributed by atoms with E-state index in [1.807, 2.05) is 0 Å². The second-order valence-electron chi connectivity index (χ2n) is 4.40. The van der Waals surface area contributed by atoms with Crippen LogP contribution in [0, 0.1) is 0 Å². The third-order valence-electron chi connectivity index (χ3n) is 3.05. The molecule has 104 valence electrons. The van der Waals surface area contributed by atoms with Crippen LogP contribution in [0.15, 0.2) is 29.2 Å². The number of hydrogen-bond donors (Lipinski definition) is 3. The molecule has 1 aliphatic heterocycles. The summed E-state index contributed by atoms with van der Waals surface area (Å²) < 4.78 is 26.9. The second kappa shape index (κ2) is 5.58. The maximum absolute atomic E-state index is 12.2. The molecule has 1 atom stereocenters. The number of carbonyl (C=O) groups is 1. The first kappa shape index (κ1) is 13.8. The first-order valence-electron chi connectivity index (χ1n) is 6.09. The van der Waals surface area contributed by atoms with Crippen LogP contribution in [0.4, 0.5) is 5.69 Å². The first-order valence-corrected chi connectivity index (χ1v) is 7.57. The molecule has 1 heterocycles. The Kier molecular flexibility index (Phi) is 4.06. The lowest BCUT2D eigenvalue weighted by Crippen LogP contribution is -2.38. The lowest BCUT2D eigenvalue weighted by Gasteiger charge is -2.14. The molecule has 0 aliphatic carbocycles. The molecule has 1 amide bonds. The second-order valence-corrected chi connectivity index (χ2v) is 6.14. The van der Waals surface area contributed by atoms with Gasteiger partial charge in [0.1, 0.15) is 4.90 Å². The Balaban J connectivity index is 2.08. The Hall–Kier alpha value is -1.60. The van der Waals surface area contributed by atoms with Gasteiger partial charge in [0, 0.05) is 26.1 Å². The maximum Gasteiger partial charge on any atom is 0.242 e. The van der Waals surface area contributed by atoms with E-state index in [1.54, 1.807) is 31.3 Å². The van der Waals surface area contributed by atoms with Gasteiger partial charge >= 0.3 is 0 Å². The molecule has 0 bridgehead atoms. The molecule has 1 aromatic carbocycles. The SMILES string of the molecule is CNc1ccccc1S(=O)(=O)NCC1CCC(=O)N1. The van der Waals surface area contributed by atoms with E-state index in [0.29, 0.717) is 18.5 Å². The molecule has 6 nitrogen and oxygen atoms in total. The largest absolute Gasteiger partial charge is 0.387 e. The average Bonchev–Trinajstić information content (AvgIpc) is 2.82. The molecule has 0 aromatic heterocycles. The van der Waals surface area contributed by atoms with E-state index in [4.69, 9.17) is 0 Å². The van der Waals surface area contributed by atoms with E-state index < -0.39 is 10.0 Å². The zero-order chi connectivity index (χ0) is 13.9. The molecule has 0 saturated carbocycles. The summed E-state index contributed by atoms with van der Waals surface area (Å²) in [5, 5.41) is 5.57. The van der Waals surface area contributed by atoms with Crippen molar-refractivity contribution in [2.45, 2.75) is 23.8 Å². The number of amides is 1. The molecule has 2 rings (SSSR count). The lowest BCUT2D eigenvalue weighted by atomic mass is 10.2. The van der Waals surface area contributed by atoms with E-state index in [-0.39, 0.29) is 23.4 Å². The van der Waals surface area contributed by atoms with Crippen molar-refractivity contribution in [3.63, 3.8) is 0 Å². The minimum Gasteiger partial charge on any atom is -0.387 e. The molecule has 3 N–H and O–H groups in total. The Bertz CT molecular complexity index is 571. The number of sulfonamides is 1. The zero-order valence-electron chi connectivity index (χ0n) is 10.6. The van der Waals surface area contributed by atoms with Crippen LogP contribution in [-0.4, -0.2) is 34.0 Å². The van der Waals surface area contributed by atoms with Crippen molar-refractivity contribution in [1.82, 2.24) is 10.0 Å². The van der Waals surface area contributed by atoms with Gasteiger partial charge in [0.2, 0.25) is 15.9 Å². The quantitative estimate of drug-likeness (QED) is 0.724. The van der Waals surface area contributed by atoms with Gasteiger partial charge in [0.05, 0.1) is 5.69 Å². The lowest BCUT2D eigenvalue weighted by molar-refractivity contribution is -0.119. The van der Waals surface area contributed by atoms with E-state index in [1.165, 1.54) is 0 Å². The number of carbonyl (C=O) groups excluding carboxylic acids is 1. The maximum atomic E-state index is 12.2. The Labute approximate surface area is 112 Å². The molecule has 7 heteroatoms. The minimum absolute atomic E-state index is 0.0279. The standard InChI is InChI=1S/C12H17N3O3S/c1-13-10-4-2-3-5-11(10)19(17,18)14-8-9-6-7-12(16)15-9/h2-5,9,13-14H,6-8H2,1H3,(H,15,16). The Morgan fingerprint density at radius 1 is 1.37 bits per heavy atom. The van der Waals surface area contributed by atoms with Crippen molar-refractivity contribution in [1.29, 1.82) is 0 Å². The highest BCUT2D eigenvalue weighted by Crippen LogP contribution is 2.20. The van der Waals surface area contributed by atoms with Gasteiger partial charge in [0.25, 0.3) is 0 Å². The van der Waals surface area contributed by atoms with Crippen LogP contribution in [0.2, 0.25) is 0 Å². The smallest absolute Gasteiger partial charge is 0.242 e. The number of para-hydroxylation sites is 1. The van der Waals surface area contributed by atoms with Crippen LogP contribution in [0.1, 0.15) is 12.8 Å². The van der Waals surface area contributed by atoms with Gasteiger partial charge in [-0.1, -0.05) is 12.1 Å². The van der Waals surface area contributed by atoms with Gasteiger partial charge in [0.15, 0.2) is 0 Å². The van der Waals surface area contributed by atoms with Gasteiger partial charge in [-0.2, -0.15) is 0 Å². The van der Waals surface area contributed by atoms with Crippen LogP contribution in [0.3, 0.4) is 0 Å². The Morgan fingerprint density at radius 3 is 2.74 bits per heavy atom. The molecule has 1 aliphatic rings. The highest BCUT2D eigenvalue weighted by Gasteiger charge is 2.24. The number of nitrogens with one attached hydrogen (secondary N) is 3. The van der Waals surface area contributed by atoms with Gasteiger partial charge < -0.3 is 10.6 Å². The number of benzene rings is 1. The third kappa shape index (κ3) is 3.24. The summed E-state index contributed by atoms with van der Waals surface area (Å²) in [5.41, 5.74) is 0.547. The summed E-state index contributed by atoms with van der Waals surface area (Å²) in [6.45, 7) is 0.214. The van der Waals surface area contributed by atoms with Crippen molar-refractivity contribution in [2.75, 3.05) is 18.9 Å². The van der Waals surface area contributed by atoms with E-state index >= 15 is 0 Å². The van der Waals surface area contributed by atoms with Crippen molar-refractivity contribution in [3.8, 4) is 0 Å². The fourth-order valence-electron chi connectivity index (χ4n) is 2.03. The highest BCUT2D eigenvalue weighted by atomic mass is 32.2. The fraction of sp³-hybridized carbons (Fsp3) is 0.417. The molecule has 1 fully saturated rings. The molecule has 1 unspecified atom stereocenters. The predicted octanol–water partition coefficient (Wildman–Crippen LogP) is 0.285. The van der Waals surface area contributed by atoms with Crippen molar-refractivity contribution in [3.05, 3.63) is 24.3 Å². The number of rotatable bonds is 5. The molecule has 1 saturated heterocycles. The van der Waals surface area contributed by atoms with Crippen LogP contribution in [0.25, 0.3) is 0 Å². The number of anilines is 1. The summed E-state index contributed by atoms with van der Waals surface area (Å²) in [6, 6.07) is 6.56. The van der Waals surface area contributed by atoms with Gasteiger partial charge in [-0.25, -0.2) is 13.1 Å². The average molecular weight is 283 g/mol. The van der Waals surface area contributed by atoms with Crippen LogP contribution in [0.5, 0.6) is 0 Å². The van der Waals surface area contributed by atoms with Gasteiger partial charge in [-0.3, -0.25) is 4.79 Å². The van der Waals surface area contributed by atoms with Gasteiger partial charge in [-0.15, -0.1) is 0 Å². The van der Waals surface area contributed by atoms with Crippen LogP contribution >= 0.6 is 0 Å². The van der Waals surface area contributed by atoms with E-state index in [0.717, 1.165) is 0 Å². The summed E-state index contributed by atoms with van der Waals surface area (Å²) in [7, 11) is -1.90. The summed E-state index contributed by atoms with van der Waals surface area (Å²) in [4.78, 5) is 11.3. The van der Waals surface area contributed by atoms with Crippen LogP contribution < -0.4 is 15.4 Å². The topological polar surface area (TPSA) is 87.3 Å². The molecular formula is C12H17N3O3S. The molecular weight excluding hydrogens is 266 g/mol. The molecule has 0 radical (unpaired) electrons. The normalized spacial score (nSPS) is 19.2. The minimum atomic E-state index is -3.57. The van der Waals surface area contributed by atoms with E-state index in [2.05, 4.69) is 15.4 Å².